The number of aromatic nitrogens is 1. The molecule has 2 aromatic carbocycles. The van der Waals surface area contributed by atoms with Crippen LogP contribution in [0.1, 0.15) is 15.9 Å². The Morgan fingerprint density at radius 2 is 1.52 bits per heavy atom. The molecule has 0 aliphatic rings. The van der Waals surface area contributed by atoms with Crippen LogP contribution in [-0.4, -0.2) is 5.91 Å². The molecule has 0 aliphatic carbocycles. The molecule has 0 radical (unpaired) electrons. The van der Waals surface area contributed by atoms with Gasteiger partial charge >= 0.3 is 0 Å². The molecule has 0 atom stereocenters. The quantitative estimate of drug-likeness (QED) is 0.659. The number of nitrogens with zero attached hydrogens (tertiary/aromatic N) is 1. The highest BCUT2D eigenvalue weighted by Gasteiger charge is 2.11. The van der Waals surface area contributed by atoms with Crippen molar-refractivity contribution in [2.75, 3.05) is 5.32 Å². The number of pyridine rings is 1. The molecule has 0 fully saturated rings. The molecule has 1 heterocycles. The van der Waals surface area contributed by atoms with Crippen molar-refractivity contribution in [3.05, 3.63) is 96.3 Å². The minimum absolute atomic E-state index is 0. The molecule has 23 heavy (non-hydrogen) atoms. The second kappa shape index (κ2) is 8.25. The van der Waals surface area contributed by atoms with E-state index in [0.717, 1.165) is 12.2 Å². The lowest BCUT2D eigenvalue weighted by molar-refractivity contribution is -0.688. The van der Waals surface area contributed by atoms with Gasteiger partial charge in [0.15, 0.2) is 18.9 Å². The summed E-state index contributed by atoms with van der Waals surface area (Å²) in [5.74, 6) is -0.103. The zero-order valence-corrected chi connectivity index (χ0v) is 14.1. The van der Waals surface area contributed by atoms with Crippen molar-refractivity contribution in [1.82, 2.24) is 0 Å². The average molecular weight is 369 g/mol. The first kappa shape index (κ1) is 16.9. The Morgan fingerprint density at radius 3 is 2.22 bits per heavy atom. The predicted octanol–water partition coefficient (Wildman–Crippen LogP) is 0.279. The van der Waals surface area contributed by atoms with E-state index < -0.39 is 0 Å². The first-order chi connectivity index (χ1) is 10.8. The molecule has 0 aliphatic heterocycles. The number of amides is 1. The summed E-state index contributed by atoms with van der Waals surface area (Å²) in [6.07, 6.45) is 3.83. The average Bonchev–Trinajstić information content (AvgIpc) is 2.57. The van der Waals surface area contributed by atoms with Crippen LogP contribution in [0.3, 0.4) is 0 Å². The van der Waals surface area contributed by atoms with Gasteiger partial charge in [-0.1, -0.05) is 48.5 Å². The van der Waals surface area contributed by atoms with Crippen molar-refractivity contribution in [2.45, 2.75) is 6.54 Å². The predicted molar refractivity (Wildman–Crippen MR) is 86.6 cm³/mol. The van der Waals surface area contributed by atoms with Crippen molar-refractivity contribution in [3.63, 3.8) is 0 Å². The lowest BCUT2D eigenvalue weighted by Gasteiger charge is -2.04. The van der Waals surface area contributed by atoms with Crippen LogP contribution in [0.4, 0.5) is 5.69 Å². The third kappa shape index (κ3) is 4.76. The Balaban J connectivity index is 0.00000192. The number of hydrogen-bond donors (Lipinski definition) is 1. The summed E-state index contributed by atoms with van der Waals surface area (Å²) in [4.78, 5) is 12.3. The van der Waals surface area contributed by atoms with Gasteiger partial charge in [0.05, 0.1) is 0 Å². The number of para-hydroxylation sites is 1. The van der Waals surface area contributed by atoms with Crippen molar-refractivity contribution in [2.24, 2.45) is 0 Å². The molecule has 4 heteroatoms. The lowest BCUT2D eigenvalue weighted by atomic mass is 10.2. The summed E-state index contributed by atoms with van der Waals surface area (Å²) in [5, 5.41) is 2.90. The van der Waals surface area contributed by atoms with Gasteiger partial charge in [0.25, 0.3) is 5.91 Å². The van der Waals surface area contributed by atoms with Gasteiger partial charge in [-0.2, -0.15) is 4.57 Å². The number of nitrogens with one attached hydrogen (secondary N) is 1. The van der Waals surface area contributed by atoms with E-state index in [1.165, 1.54) is 5.56 Å². The third-order valence-electron chi connectivity index (χ3n) is 3.36. The molecule has 0 saturated carbocycles. The highest BCUT2D eigenvalue weighted by Crippen LogP contribution is 2.07. The number of benzene rings is 2. The zero-order chi connectivity index (χ0) is 15.2. The molecule has 0 bridgehead atoms. The molecule has 1 aromatic heterocycles. The smallest absolute Gasteiger partial charge is 0.261 e. The summed E-state index contributed by atoms with van der Waals surface area (Å²) in [6, 6.07) is 23.4. The largest absolute Gasteiger partial charge is 1.00 e. The molecule has 116 valence electrons. The van der Waals surface area contributed by atoms with Crippen molar-refractivity contribution < 1.29 is 26.3 Å². The molecular formula is C19H17BrN2O. The Hall–Kier alpha value is -2.46. The lowest BCUT2D eigenvalue weighted by Crippen LogP contribution is -3.00. The van der Waals surface area contributed by atoms with Gasteiger partial charge in [0.1, 0.15) is 5.56 Å². The maximum Gasteiger partial charge on any atom is 0.261 e. The zero-order valence-electron chi connectivity index (χ0n) is 12.5. The number of carbonyl (C=O) groups excluding carboxylic acids is 1. The molecule has 0 unspecified atom stereocenters. The summed E-state index contributed by atoms with van der Waals surface area (Å²) in [5.41, 5.74) is 2.64. The van der Waals surface area contributed by atoms with Crippen LogP contribution in [0.2, 0.25) is 0 Å². The van der Waals surface area contributed by atoms with Gasteiger partial charge in [-0.25, -0.2) is 0 Å². The van der Waals surface area contributed by atoms with E-state index in [1.807, 2.05) is 77.6 Å². The van der Waals surface area contributed by atoms with Crippen LogP contribution >= 0.6 is 0 Å². The Morgan fingerprint density at radius 1 is 0.870 bits per heavy atom. The summed E-state index contributed by atoms with van der Waals surface area (Å²) in [7, 11) is 0. The molecular weight excluding hydrogens is 352 g/mol. The van der Waals surface area contributed by atoms with Crippen LogP contribution < -0.4 is 26.9 Å². The van der Waals surface area contributed by atoms with E-state index in [-0.39, 0.29) is 22.9 Å². The van der Waals surface area contributed by atoms with Crippen molar-refractivity contribution >= 4 is 11.6 Å². The molecule has 1 amide bonds. The number of carbonyl (C=O) groups is 1. The highest BCUT2D eigenvalue weighted by atomic mass is 79.9. The van der Waals surface area contributed by atoms with Crippen LogP contribution in [-0.2, 0) is 6.54 Å². The van der Waals surface area contributed by atoms with Gasteiger partial charge in [0.2, 0.25) is 0 Å². The minimum atomic E-state index is -0.103. The molecule has 0 saturated heterocycles. The van der Waals surface area contributed by atoms with Crippen LogP contribution in [0.25, 0.3) is 0 Å². The maximum absolute atomic E-state index is 12.3. The fourth-order valence-electron chi connectivity index (χ4n) is 2.27. The Labute approximate surface area is 146 Å². The van der Waals surface area contributed by atoms with Crippen molar-refractivity contribution in [3.8, 4) is 0 Å². The van der Waals surface area contributed by atoms with Gasteiger partial charge in [-0.3, -0.25) is 4.79 Å². The summed E-state index contributed by atoms with van der Waals surface area (Å²) < 4.78 is 2.01. The standard InChI is InChI=1S/C19H16N2O.BrH/c22-19(20-18-11-5-2-6-12-18)17-10-7-13-21(15-17)14-16-8-3-1-4-9-16;/h1-13,15H,14H2;1H. The number of hydrogen-bond acceptors (Lipinski definition) is 1. The van der Waals surface area contributed by atoms with Crippen LogP contribution in [0.15, 0.2) is 85.2 Å². The molecule has 0 spiro atoms. The van der Waals surface area contributed by atoms with Crippen LogP contribution in [0, 0.1) is 0 Å². The Bertz CT molecular complexity index is 761. The normalized spacial score (nSPS) is 9.74. The second-order valence-electron chi connectivity index (χ2n) is 5.07. The van der Waals surface area contributed by atoms with E-state index in [4.69, 9.17) is 0 Å². The number of rotatable bonds is 4. The monoisotopic (exact) mass is 368 g/mol. The molecule has 3 rings (SSSR count). The fraction of sp³-hybridized carbons (Fsp3) is 0.0526. The van der Waals surface area contributed by atoms with Gasteiger partial charge in [0, 0.05) is 17.3 Å². The third-order valence-corrected chi connectivity index (χ3v) is 3.36. The summed E-state index contributed by atoms with van der Waals surface area (Å²) >= 11 is 0. The molecule has 1 N–H and O–H groups in total. The fourth-order valence-corrected chi connectivity index (χ4v) is 2.27. The maximum atomic E-state index is 12.3. The van der Waals surface area contributed by atoms with E-state index in [1.54, 1.807) is 0 Å². The number of anilines is 1. The van der Waals surface area contributed by atoms with Gasteiger partial charge in [-0.15, -0.1) is 0 Å². The Kier molecular flexibility index (Phi) is 6.06. The first-order valence-corrected chi connectivity index (χ1v) is 7.21. The molecule has 3 nitrogen and oxygen atoms in total. The van der Waals surface area contributed by atoms with E-state index in [0.29, 0.717) is 5.56 Å². The van der Waals surface area contributed by atoms with Gasteiger partial charge in [-0.05, 0) is 18.2 Å². The van der Waals surface area contributed by atoms with Crippen molar-refractivity contribution in [1.29, 1.82) is 0 Å². The second-order valence-corrected chi connectivity index (χ2v) is 5.07. The van der Waals surface area contributed by atoms with Gasteiger partial charge < -0.3 is 22.3 Å². The van der Waals surface area contributed by atoms with E-state index in [2.05, 4.69) is 17.4 Å². The SMILES string of the molecule is O=C(Nc1ccccc1)c1ccc[n+](Cc2ccccc2)c1.[Br-]. The van der Waals surface area contributed by atoms with E-state index >= 15 is 0 Å². The minimum Gasteiger partial charge on any atom is -1.00 e. The summed E-state index contributed by atoms with van der Waals surface area (Å²) in [6.45, 7) is 0.743. The first-order valence-electron chi connectivity index (χ1n) is 7.21. The highest BCUT2D eigenvalue weighted by molar-refractivity contribution is 6.03. The molecule has 3 aromatic rings. The topological polar surface area (TPSA) is 33.0 Å². The van der Waals surface area contributed by atoms with Crippen LogP contribution in [0.5, 0.6) is 0 Å². The number of halogens is 1. The van der Waals surface area contributed by atoms with E-state index in [9.17, 15) is 4.79 Å².